The molecule has 0 amide bonds. The highest BCUT2D eigenvalue weighted by Crippen LogP contribution is 2.38. The molecule has 0 bridgehead atoms. The molecule has 13 heavy (non-hydrogen) atoms. The normalized spacial score (nSPS) is 35.0. The van der Waals surface area contributed by atoms with Crippen LogP contribution in [0.3, 0.4) is 0 Å². The van der Waals surface area contributed by atoms with Gasteiger partial charge in [-0.15, -0.1) is 0 Å². The second kappa shape index (κ2) is 4.26. The van der Waals surface area contributed by atoms with Gasteiger partial charge in [0.2, 0.25) is 0 Å². The monoisotopic (exact) mass is 182 g/mol. The summed E-state index contributed by atoms with van der Waals surface area (Å²) in [6, 6.07) is 0. The predicted molar refractivity (Wildman–Crippen MR) is 55.5 cm³/mol. The minimum atomic E-state index is 0.351. The molecule has 1 saturated carbocycles. The van der Waals surface area contributed by atoms with Gasteiger partial charge in [-0.2, -0.15) is 0 Å². The SMILES string of the molecule is CC(=O)[C@@H]1C[C@@H](C)CC[C@@H]1C(C)C. The average molecular weight is 182 g/mol. The highest BCUT2D eigenvalue weighted by atomic mass is 16.1. The highest BCUT2D eigenvalue weighted by molar-refractivity contribution is 5.78. The molecule has 0 spiro atoms. The zero-order valence-corrected chi connectivity index (χ0v) is 9.34. The van der Waals surface area contributed by atoms with E-state index in [4.69, 9.17) is 0 Å². The number of carbonyl (C=O) groups excluding carboxylic acids is 1. The van der Waals surface area contributed by atoms with Crippen LogP contribution in [0.25, 0.3) is 0 Å². The minimum Gasteiger partial charge on any atom is -0.300 e. The fourth-order valence-electron chi connectivity index (χ4n) is 2.67. The van der Waals surface area contributed by atoms with E-state index in [0.717, 1.165) is 12.3 Å². The van der Waals surface area contributed by atoms with Crippen LogP contribution in [0, 0.1) is 23.7 Å². The van der Waals surface area contributed by atoms with Crippen LogP contribution in [-0.2, 0) is 4.79 Å². The Balaban J connectivity index is 2.66. The molecule has 0 radical (unpaired) electrons. The fraction of sp³-hybridized carbons (Fsp3) is 0.917. The van der Waals surface area contributed by atoms with Gasteiger partial charge in [0.05, 0.1) is 0 Å². The molecule has 1 aliphatic carbocycles. The maximum absolute atomic E-state index is 11.5. The van der Waals surface area contributed by atoms with Crippen molar-refractivity contribution < 1.29 is 4.79 Å². The van der Waals surface area contributed by atoms with Gasteiger partial charge in [0.1, 0.15) is 5.78 Å². The standard InChI is InChI=1S/C12H22O/c1-8(2)11-6-5-9(3)7-12(11)10(4)13/h8-9,11-12H,5-7H2,1-4H3/t9-,11+,12-/m0/s1. The summed E-state index contributed by atoms with van der Waals surface area (Å²) in [5.74, 6) is 2.83. The largest absolute Gasteiger partial charge is 0.300 e. The third-order valence-corrected chi connectivity index (χ3v) is 3.54. The molecule has 1 aliphatic rings. The maximum atomic E-state index is 11.5. The number of hydrogen-bond acceptors (Lipinski definition) is 1. The Bertz CT molecular complexity index is 184. The van der Waals surface area contributed by atoms with Crippen molar-refractivity contribution in [2.75, 3.05) is 0 Å². The van der Waals surface area contributed by atoms with Gasteiger partial charge in [-0.25, -0.2) is 0 Å². The lowest BCUT2D eigenvalue weighted by Crippen LogP contribution is -2.32. The average Bonchev–Trinajstić information content (AvgIpc) is 2.03. The Hall–Kier alpha value is -0.330. The third-order valence-electron chi connectivity index (χ3n) is 3.54. The van der Waals surface area contributed by atoms with Crippen LogP contribution < -0.4 is 0 Å². The van der Waals surface area contributed by atoms with E-state index in [9.17, 15) is 4.79 Å². The second-order valence-corrected chi connectivity index (χ2v) is 5.04. The smallest absolute Gasteiger partial charge is 0.133 e. The summed E-state index contributed by atoms with van der Waals surface area (Å²) in [6.07, 6.45) is 3.69. The third kappa shape index (κ3) is 2.55. The van der Waals surface area contributed by atoms with Crippen molar-refractivity contribution in [2.24, 2.45) is 23.7 Å². The lowest BCUT2D eigenvalue weighted by molar-refractivity contribution is -0.124. The molecule has 0 saturated heterocycles. The lowest BCUT2D eigenvalue weighted by atomic mass is 9.69. The minimum absolute atomic E-state index is 0.351. The zero-order chi connectivity index (χ0) is 10.0. The van der Waals surface area contributed by atoms with Crippen LogP contribution in [0.4, 0.5) is 0 Å². The van der Waals surface area contributed by atoms with Crippen molar-refractivity contribution in [3.8, 4) is 0 Å². The molecule has 0 heterocycles. The molecule has 0 aromatic heterocycles. The lowest BCUT2D eigenvalue weighted by Gasteiger charge is -2.35. The van der Waals surface area contributed by atoms with E-state index in [1.54, 1.807) is 6.92 Å². The van der Waals surface area contributed by atoms with Gasteiger partial charge in [-0.3, -0.25) is 4.79 Å². The second-order valence-electron chi connectivity index (χ2n) is 5.04. The molecule has 0 unspecified atom stereocenters. The van der Waals surface area contributed by atoms with Crippen LogP contribution in [0.15, 0.2) is 0 Å². The van der Waals surface area contributed by atoms with Crippen LogP contribution >= 0.6 is 0 Å². The van der Waals surface area contributed by atoms with E-state index in [-0.39, 0.29) is 0 Å². The number of hydrogen-bond donors (Lipinski definition) is 0. The first-order chi connectivity index (χ1) is 6.02. The summed E-state index contributed by atoms with van der Waals surface area (Å²) < 4.78 is 0. The Labute approximate surface area is 81.9 Å². The maximum Gasteiger partial charge on any atom is 0.133 e. The van der Waals surface area contributed by atoms with Gasteiger partial charge in [0.25, 0.3) is 0 Å². The molecule has 0 N–H and O–H groups in total. The fourth-order valence-corrected chi connectivity index (χ4v) is 2.67. The van der Waals surface area contributed by atoms with Gasteiger partial charge < -0.3 is 0 Å². The van der Waals surface area contributed by atoms with E-state index >= 15 is 0 Å². The Morgan fingerprint density at radius 3 is 2.38 bits per heavy atom. The van der Waals surface area contributed by atoms with Gasteiger partial charge in [0, 0.05) is 5.92 Å². The molecule has 0 aromatic carbocycles. The highest BCUT2D eigenvalue weighted by Gasteiger charge is 2.33. The summed E-state index contributed by atoms with van der Waals surface area (Å²) in [6.45, 7) is 8.53. The summed E-state index contributed by atoms with van der Waals surface area (Å²) in [4.78, 5) is 11.5. The predicted octanol–water partition coefficient (Wildman–Crippen LogP) is 3.28. The number of carbonyl (C=O) groups is 1. The van der Waals surface area contributed by atoms with Gasteiger partial charge in [-0.05, 0) is 37.5 Å². The van der Waals surface area contributed by atoms with Crippen molar-refractivity contribution >= 4 is 5.78 Å². The van der Waals surface area contributed by atoms with E-state index in [1.807, 2.05) is 0 Å². The molecule has 76 valence electrons. The van der Waals surface area contributed by atoms with Crippen molar-refractivity contribution in [2.45, 2.75) is 47.0 Å². The summed E-state index contributed by atoms with van der Waals surface area (Å²) in [7, 11) is 0. The van der Waals surface area contributed by atoms with Crippen molar-refractivity contribution in [3.63, 3.8) is 0 Å². The first-order valence-corrected chi connectivity index (χ1v) is 5.52. The first kappa shape index (κ1) is 10.7. The van der Waals surface area contributed by atoms with Crippen molar-refractivity contribution in [1.29, 1.82) is 0 Å². The number of rotatable bonds is 2. The zero-order valence-electron chi connectivity index (χ0n) is 9.34. The van der Waals surface area contributed by atoms with Crippen molar-refractivity contribution in [3.05, 3.63) is 0 Å². The van der Waals surface area contributed by atoms with Crippen molar-refractivity contribution in [1.82, 2.24) is 0 Å². The van der Waals surface area contributed by atoms with Gasteiger partial charge in [0.15, 0.2) is 0 Å². The first-order valence-electron chi connectivity index (χ1n) is 5.52. The number of Topliss-reactive ketones (excluding diaryl/α,β-unsaturated/α-hetero) is 1. The molecule has 1 heteroatoms. The van der Waals surface area contributed by atoms with Crippen LogP contribution in [0.1, 0.15) is 47.0 Å². The Kier molecular flexibility index (Phi) is 3.52. The Morgan fingerprint density at radius 1 is 1.31 bits per heavy atom. The summed E-state index contributed by atoms with van der Waals surface area (Å²) >= 11 is 0. The van der Waals surface area contributed by atoms with E-state index in [1.165, 1.54) is 12.8 Å². The van der Waals surface area contributed by atoms with E-state index < -0.39 is 0 Å². The van der Waals surface area contributed by atoms with Gasteiger partial charge in [-0.1, -0.05) is 27.2 Å². The van der Waals surface area contributed by atoms with Gasteiger partial charge >= 0.3 is 0 Å². The molecule has 3 atom stereocenters. The molecule has 1 nitrogen and oxygen atoms in total. The van der Waals surface area contributed by atoms with Crippen LogP contribution in [-0.4, -0.2) is 5.78 Å². The molecule has 0 aliphatic heterocycles. The quantitative estimate of drug-likeness (QED) is 0.640. The summed E-state index contributed by atoms with van der Waals surface area (Å²) in [5, 5.41) is 0. The molecular weight excluding hydrogens is 160 g/mol. The molecule has 1 fully saturated rings. The number of ketones is 1. The topological polar surface area (TPSA) is 17.1 Å². The Morgan fingerprint density at radius 2 is 1.92 bits per heavy atom. The summed E-state index contributed by atoms with van der Waals surface area (Å²) in [5.41, 5.74) is 0. The van der Waals surface area contributed by atoms with E-state index in [0.29, 0.717) is 23.5 Å². The molecular formula is C12H22O. The molecule has 0 aromatic rings. The van der Waals surface area contributed by atoms with Crippen LogP contribution in [0.5, 0.6) is 0 Å². The molecule has 1 rings (SSSR count). The van der Waals surface area contributed by atoms with E-state index in [2.05, 4.69) is 20.8 Å². The van der Waals surface area contributed by atoms with Crippen LogP contribution in [0.2, 0.25) is 0 Å².